The molecule has 0 bridgehead atoms. The van der Waals surface area contributed by atoms with Crippen molar-refractivity contribution in [1.82, 2.24) is 10.2 Å². The zero-order valence-electron chi connectivity index (χ0n) is 18.8. The number of amides is 2. The van der Waals surface area contributed by atoms with Gasteiger partial charge in [0.2, 0.25) is 5.91 Å². The van der Waals surface area contributed by atoms with Crippen LogP contribution in [0, 0.1) is 0 Å². The largest absolute Gasteiger partial charge is 0.459 e. The molecule has 36 heavy (non-hydrogen) atoms. The summed E-state index contributed by atoms with van der Waals surface area (Å²) in [6, 6.07) is 13.8. The van der Waals surface area contributed by atoms with Crippen molar-refractivity contribution in [2.24, 2.45) is 0 Å². The zero-order valence-corrected chi connectivity index (χ0v) is 21.9. The number of furan rings is 1. The highest BCUT2D eigenvalue weighted by Crippen LogP contribution is 2.30. The van der Waals surface area contributed by atoms with Gasteiger partial charge >= 0.3 is 0 Å². The molecule has 186 valence electrons. The van der Waals surface area contributed by atoms with Crippen LogP contribution in [-0.2, 0) is 4.79 Å². The monoisotopic (exact) mass is 562 g/mol. The topological polar surface area (TPSA) is 77.8 Å². The molecule has 4 rings (SSSR count). The first-order chi connectivity index (χ1) is 17.3. The molecule has 0 unspecified atom stereocenters. The molecule has 0 atom stereocenters. The van der Waals surface area contributed by atoms with Gasteiger partial charge in [0, 0.05) is 48.0 Å². The second kappa shape index (κ2) is 11.8. The molecule has 11 heteroatoms. The Hall–Kier alpha value is -3.04. The van der Waals surface area contributed by atoms with Crippen molar-refractivity contribution in [3.05, 3.63) is 87.3 Å². The molecule has 0 saturated carbocycles. The van der Waals surface area contributed by atoms with E-state index in [1.54, 1.807) is 47.4 Å². The van der Waals surface area contributed by atoms with Crippen molar-refractivity contribution in [1.29, 1.82) is 0 Å². The molecule has 2 heterocycles. The van der Waals surface area contributed by atoms with E-state index in [0.717, 1.165) is 5.69 Å². The summed E-state index contributed by atoms with van der Waals surface area (Å²) >= 11 is 23.8. The molecule has 3 aromatic rings. The van der Waals surface area contributed by atoms with E-state index >= 15 is 0 Å². The number of nitrogens with zero attached hydrogens (tertiary/aromatic N) is 2. The normalized spacial score (nSPS) is 13.6. The molecular formula is C25H21Cl3N4O3S. The lowest BCUT2D eigenvalue weighted by Gasteiger charge is -2.36. The number of rotatable bonds is 5. The standard InChI is InChI=1S/C25H21Cl3N4O3S/c26-17-5-3-16(19(27)14-17)4-8-23(33)30-25(36)29-18-6-7-21(20(28)15-18)31-9-11-32(12-10-31)24(34)22-2-1-13-35-22/h1-8,13-15H,9-12H2,(H2,29,30,33,36)/b8-4+. The number of nitrogens with one attached hydrogen (secondary N) is 2. The summed E-state index contributed by atoms with van der Waals surface area (Å²) in [5, 5.41) is 7.14. The Bertz CT molecular complexity index is 1310. The third-order valence-electron chi connectivity index (χ3n) is 5.46. The van der Waals surface area contributed by atoms with Crippen LogP contribution in [0.3, 0.4) is 0 Å². The Kier molecular flexibility index (Phi) is 8.53. The van der Waals surface area contributed by atoms with Gasteiger partial charge in [-0.05, 0) is 66.3 Å². The summed E-state index contributed by atoms with van der Waals surface area (Å²) in [5.41, 5.74) is 2.14. The maximum atomic E-state index is 12.5. The third-order valence-corrected chi connectivity index (χ3v) is 6.53. The molecule has 1 aliphatic rings. The van der Waals surface area contributed by atoms with Crippen molar-refractivity contribution in [3.8, 4) is 0 Å². The van der Waals surface area contributed by atoms with E-state index in [0.29, 0.717) is 58.3 Å². The van der Waals surface area contributed by atoms with E-state index in [2.05, 4.69) is 15.5 Å². The van der Waals surface area contributed by atoms with Gasteiger partial charge in [-0.1, -0.05) is 40.9 Å². The smallest absolute Gasteiger partial charge is 0.289 e. The molecule has 1 fully saturated rings. The lowest BCUT2D eigenvalue weighted by Crippen LogP contribution is -2.48. The average molecular weight is 564 g/mol. The van der Waals surface area contributed by atoms with Crippen molar-refractivity contribution < 1.29 is 14.0 Å². The minimum Gasteiger partial charge on any atom is -0.459 e. The predicted molar refractivity (Wildman–Crippen MR) is 148 cm³/mol. The number of piperazine rings is 1. The van der Waals surface area contributed by atoms with E-state index in [-0.39, 0.29) is 11.0 Å². The molecule has 0 radical (unpaired) electrons. The summed E-state index contributed by atoms with van der Waals surface area (Å²) in [6.07, 6.45) is 4.39. The first-order valence-corrected chi connectivity index (χ1v) is 12.5. The van der Waals surface area contributed by atoms with Crippen LogP contribution < -0.4 is 15.5 Å². The van der Waals surface area contributed by atoms with Crippen LogP contribution in [0.25, 0.3) is 6.08 Å². The second-order valence-electron chi connectivity index (χ2n) is 7.87. The molecule has 1 aromatic heterocycles. The minimum atomic E-state index is -0.414. The SMILES string of the molecule is O=C(/C=C/c1ccc(Cl)cc1Cl)NC(=S)Nc1ccc(N2CCN(C(=O)c3ccco3)CC2)c(Cl)c1. The van der Waals surface area contributed by atoms with Crippen LogP contribution in [0.15, 0.2) is 65.3 Å². The number of benzene rings is 2. The van der Waals surface area contributed by atoms with Gasteiger partial charge in [0.15, 0.2) is 10.9 Å². The Labute approximate surface area is 228 Å². The molecule has 7 nitrogen and oxygen atoms in total. The van der Waals surface area contributed by atoms with Crippen LogP contribution in [0.1, 0.15) is 16.1 Å². The maximum absolute atomic E-state index is 12.5. The summed E-state index contributed by atoms with van der Waals surface area (Å²) in [4.78, 5) is 28.5. The molecule has 2 amide bonds. The number of anilines is 2. The fraction of sp³-hybridized carbons (Fsp3) is 0.160. The number of hydrogen-bond acceptors (Lipinski definition) is 5. The zero-order chi connectivity index (χ0) is 25.7. The van der Waals surface area contributed by atoms with E-state index in [4.69, 9.17) is 51.4 Å². The third kappa shape index (κ3) is 6.59. The van der Waals surface area contributed by atoms with Crippen LogP contribution in [-0.4, -0.2) is 48.0 Å². The van der Waals surface area contributed by atoms with Gasteiger partial charge in [-0.2, -0.15) is 0 Å². The summed E-state index contributed by atoms with van der Waals surface area (Å²) in [6.45, 7) is 2.39. The fourth-order valence-electron chi connectivity index (χ4n) is 3.67. The van der Waals surface area contributed by atoms with Gasteiger partial charge < -0.3 is 19.5 Å². The van der Waals surface area contributed by atoms with Crippen molar-refractivity contribution in [2.75, 3.05) is 36.4 Å². The number of carbonyl (C=O) groups is 2. The molecule has 0 spiro atoms. The summed E-state index contributed by atoms with van der Waals surface area (Å²) in [5.74, 6) is -0.195. The Balaban J connectivity index is 1.29. The molecular weight excluding hydrogens is 543 g/mol. The Morgan fingerprint density at radius 3 is 2.42 bits per heavy atom. The highest BCUT2D eigenvalue weighted by atomic mass is 35.5. The van der Waals surface area contributed by atoms with E-state index < -0.39 is 5.91 Å². The first-order valence-electron chi connectivity index (χ1n) is 10.9. The number of carbonyl (C=O) groups excluding carboxylic acids is 2. The van der Waals surface area contributed by atoms with Crippen LogP contribution in [0.2, 0.25) is 15.1 Å². The second-order valence-corrected chi connectivity index (χ2v) is 9.52. The van der Waals surface area contributed by atoms with Crippen LogP contribution in [0.4, 0.5) is 11.4 Å². The summed E-state index contributed by atoms with van der Waals surface area (Å²) in [7, 11) is 0. The number of thiocarbonyl (C=S) groups is 1. The molecule has 1 saturated heterocycles. The average Bonchev–Trinajstić information content (AvgIpc) is 3.38. The van der Waals surface area contributed by atoms with Crippen molar-refractivity contribution >= 4 is 81.4 Å². The van der Waals surface area contributed by atoms with Crippen LogP contribution in [0.5, 0.6) is 0 Å². The molecule has 0 aliphatic carbocycles. The van der Waals surface area contributed by atoms with Gasteiger partial charge in [0.1, 0.15) is 0 Å². The van der Waals surface area contributed by atoms with E-state index in [1.165, 1.54) is 12.3 Å². The number of halogens is 3. The molecule has 2 aromatic carbocycles. The molecule has 2 N–H and O–H groups in total. The highest BCUT2D eigenvalue weighted by Gasteiger charge is 2.24. The minimum absolute atomic E-state index is 0.119. The van der Waals surface area contributed by atoms with Crippen LogP contribution >= 0.6 is 47.0 Å². The van der Waals surface area contributed by atoms with Gasteiger partial charge in [-0.15, -0.1) is 0 Å². The highest BCUT2D eigenvalue weighted by molar-refractivity contribution is 7.80. The lowest BCUT2D eigenvalue weighted by molar-refractivity contribution is -0.115. The van der Waals surface area contributed by atoms with Gasteiger partial charge in [0.05, 0.1) is 17.0 Å². The quantitative estimate of drug-likeness (QED) is 0.305. The fourth-order valence-corrected chi connectivity index (χ4v) is 4.66. The predicted octanol–water partition coefficient (Wildman–Crippen LogP) is 5.73. The number of hydrogen-bond donors (Lipinski definition) is 2. The van der Waals surface area contributed by atoms with Gasteiger partial charge in [-0.3, -0.25) is 14.9 Å². The lowest BCUT2D eigenvalue weighted by atomic mass is 10.2. The van der Waals surface area contributed by atoms with E-state index in [9.17, 15) is 9.59 Å². The molecule has 1 aliphatic heterocycles. The van der Waals surface area contributed by atoms with Crippen molar-refractivity contribution in [2.45, 2.75) is 0 Å². The first kappa shape index (κ1) is 26.0. The van der Waals surface area contributed by atoms with Gasteiger partial charge in [-0.25, -0.2) is 0 Å². The summed E-state index contributed by atoms with van der Waals surface area (Å²) < 4.78 is 5.21. The maximum Gasteiger partial charge on any atom is 0.289 e. The Morgan fingerprint density at radius 1 is 0.972 bits per heavy atom. The van der Waals surface area contributed by atoms with Crippen molar-refractivity contribution in [3.63, 3.8) is 0 Å². The van der Waals surface area contributed by atoms with Gasteiger partial charge in [0.25, 0.3) is 5.91 Å². The van der Waals surface area contributed by atoms with E-state index in [1.807, 2.05) is 12.1 Å². The Morgan fingerprint density at radius 2 is 1.75 bits per heavy atom.